The number of alkyl halides is 3. The van der Waals surface area contributed by atoms with Crippen molar-refractivity contribution >= 4 is 27.9 Å². The molecular formula is C17H14F3N3O2. The molecule has 0 bridgehead atoms. The molecule has 0 amide bonds. The van der Waals surface area contributed by atoms with Crippen LogP contribution in [0.5, 0.6) is 0 Å². The molecule has 2 aromatic heterocycles. The first-order valence-electron chi connectivity index (χ1n) is 7.77. The van der Waals surface area contributed by atoms with Crippen LogP contribution >= 0.6 is 0 Å². The number of benzene rings is 1. The summed E-state index contributed by atoms with van der Waals surface area (Å²) in [6.07, 6.45) is -3.40. The molecule has 1 atom stereocenters. The molecule has 1 N–H and O–H groups in total. The Bertz CT molecular complexity index is 980. The second-order valence-corrected chi connectivity index (χ2v) is 5.99. The first-order valence-corrected chi connectivity index (χ1v) is 7.77. The van der Waals surface area contributed by atoms with Crippen molar-refractivity contribution in [1.82, 2.24) is 9.97 Å². The highest BCUT2D eigenvalue weighted by atomic mass is 19.4. The molecule has 1 saturated heterocycles. The molecule has 0 spiro atoms. The van der Waals surface area contributed by atoms with Gasteiger partial charge in [-0.3, -0.25) is 0 Å². The fraction of sp³-hybridized carbons (Fsp3) is 0.294. The summed E-state index contributed by atoms with van der Waals surface area (Å²) in [5, 5.41) is 10.3. The highest BCUT2D eigenvalue weighted by molar-refractivity contribution is 6.05. The molecule has 1 aliphatic heterocycles. The number of anilines is 1. The van der Waals surface area contributed by atoms with Gasteiger partial charge in [-0.05, 0) is 25.0 Å². The van der Waals surface area contributed by atoms with Crippen LogP contribution < -0.4 is 4.90 Å². The van der Waals surface area contributed by atoms with Crippen LogP contribution in [0.15, 0.2) is 41.0 Å². The van der Waals surface area contributed by atoms with E-state index in [0.29, 0.717) is 30.4 Å². The molecule has 3 aromatic rings. The lowest BCUT2D eigenvalue weighted by molar-refractivity contribution is -0.144. The lowest BCUT2D eigenvalue weighted by atomic mass is 10.2. The first kappa shape index (κ1) is 15.7. The van der Waals surface area contributed by atoms with E-state index in [1.54, 1.807) is 29.2 Å². The Morgan fingerprint density at radius 3 is 2.76 bits per heavy atom. The summed E-state index contributed by atoms with van der Waals surface area (Å²) in [6.45, 7) is 3.97. The predicted octanol–water partition coefficient (Wildman–Crippen LogP) is 4.44. The monoisotopic (exact) mass is 349 g/mol. The third-order valence-corrected chi connectivity index (χ3v) is 4.36. The van der Waals surface area contributed by atoms with Crippen molar-refractivity contribution in [2.75, 3.05) is 11.4 Å². The largest absolute Gasteiger partial charge is 0.511 e. The minimum atomic E-state index is -4.69. The van der Waals surface area contributed by atoms with E-state index in [9.17, 15) is 18.3 Å². The minimum absolute atomic E-state index is 0.0335. The average Bonchev–Trinajstić information content (AvgIpc) is 3.17. The summed E-state index contributed by atoms with van der Waals surface area (Å²) in [5.41, 5.74) is 0.732. The minimum Gasteiger partial charge on any atom is -0.511 e. The zero-order valence-electron chi connectivity index (χ0n) is 13.0. The highest BCUT2D eigenvalue weighted by Gasteiger charge is 2.38. The van der Waals surface area contributed by atoms with Gasteiger partial charge in [-0.25, -0.2) is 9.97 Å². The predicted molar refractivity (Wildman–Crippen MR) is 86.4 cm³/mol. The number of rotatable bonds is 2. The molecule has 3 heterocycles. The Balaban J connectivity index is 2.03. The second kappa shape index (κ2) is 5.37. The fourth-order valence-electron chi connectivity index (χ4n) is 3.26. The van der Waals surface area contributed by atoms with Gasteiger partial charge in [-0.15, -0.1) is 0 Å². The molecule has 5 nitrogen and oxygen atoms in total. The number of furan rings is 1. The highest BCUT2D eigenvalue weighted by Crippen LogP contribution is 2.39. The van der Waals surface area contributed by atoms with Gasteiger partial charge in [-0.1, -0.05) is 18.7 Å². The summed E-state index contributed by atoms with van der Waals surface area (Å²) in [4.78, 5) is 9.02. The fourth-order valence-corrected chi connectivity index (χ4v) is 3.26. The zero-order valence-corrected chi connectivity index (χ0v) is 13.0. The molecule has 25 heavy (non-hydrogen) atoms. The average molecular weight is 349 g/mol. The summed E-state index contributed by atoms with van der Waals surface area (Å²) in [5.74, 6) is -1.30. The van der Waals surface area contributed by atoms with Gasteiger partial charge in [0.15, 0.2) is 11.4 Å². The molecule has 8 heteroatoms. The van der Waals surface area contributed by atoms with Crippen LogP contribution in [-0.2, 0) is 6.18 Å². The summed E-state index contributed by atoms with van der Waals surface area (Å²) in [6, 6.07) is 6.27. The van der Waals surface area contributed by atoms with E-state index < -0.39 is 18.0 Å². The lowest BCUT2D eigenvalue weighted by Crippen LogP contribution is -2.32. The van der Waals surface area contributed by atoms with Gasteiger partial charge in [0.1, 0.15) is 16.9 Å². The maximum absolute atomic E-state index is 13.3. The SMILES string of the molecule is C=C(O)[C@@H]1CCCN1c1nc(C(F)(F)F)nc2c1oc1ccccc12. The van der Waals surface area contributed by atoms with Crippen LogP contribution in [0, 0.1) is 0 Å². The maximum atomic E-state index is 13.3. The Hall–Kier alpha value is -2.77. The number of aromatic nitrogens is 2. The number of para-hydroxylation sites is 1. The van der Waals surface area contributed by atoms with Crippen LogP contribution in [0.4, 0.5) is 19.0 Å². The number of hydrogen-bond acceptors (Lipinski definition) is 5. The Labute approximate surface area is 140 Å². The van der Waals surface area contributed by atoms with Gasteiger partial charge < -0.3 is 14.4 Å². The standard InChI is InChI=1S/C17H14F3N3O2/c1-9(24)11-6-4-8-23(11)15-14-13(21-16(22-15)17(18,19)20)10-5-2-3-7-12(10)25-14/h2-3,5,7,11,24H,1,4,6,8H2/t11-/m0/s1. The van der Waals surface area contributed by atoms with Gasteiger partial charge in [0.2, 0.25) is 5.82 Å². The van der Waals surface area contributed by atoms with Crippen molar-refractivity contribution in [1.29, 1.82) is 0 Å². The normalized spacial score (nSPS) is 18.4. The first-order chi connectivity index (χ1) is 11.9. The van der Waals surface area contributed by atoms with E-state index in [2.05, 4.69) is 16.5 Å². The third kappa shape index (κ3) is 2.48. The van der Waals surface area contributed by atoms with Crippen molar-refractivity contribution in [3.05, 3.63) is 42.4 Å². The Kier molecular flexibility index (Phi) is 3.38. The van der Waals surface area contributed by atoms with Crippen molar-refractivity contribution < 1.29 is 22.7 Å². The second-order valence-electron chi connectivity index (χ2n) is 5.99. The van der Waals surface area contributed by atoms with Crippen molar-refractivity contribution in [3.8, 4) is 0 Å². The van der Waals surface area contributed by atoms with Gasteiger partial charge in [0, 0.05) is 11.9 Å². The van der Waals surface area contributed by atoms with E-state index in [4.69, 9.17) is 4.42 Å². The Morgan fingerprint density at radius 2 is 2.04 bits per heavy atom. The molecule has 0 unspecified atom stereocenters. The van der Waals surface area contributed by atoms with Crippen LogP contribution in [-0.4, -0.2) is 27.7 Å². The number of fused-ring (bicyclic) bond motifs is 3. The third-order valence-electron chi connectivity index (χ3n) is 4.36. The molecular weight excluding hydrogens is 335 g/mol. The molecule has 0 saturated carbocycles. The quantitative estimate of drug-likeness (QED) is 0.693. The Morgan fingerprint density at radius 1 is 1.28 bits per heavy atom. The molecule has 0 radical (unpaired) electrons. The van der Waals surface area contributed by atoms with E-state index in [-0.39, 0.29) is 22.7 Å². The maximum Gasteiger partial charge on any atom is 0.451 e. The molecule has 1 aliphatic rings. The summed E-state index contributed by atoms with van der Waals surface area (Å²) < 4.78 is 45.7. The number of hydrogen-bond donors (Lipinski definition) is 1. The van der Waals surface area contributed by atoms with E-state index in [1.165, 1.54) is 0 Å². The number of aliphatic hydroxyl groups is 1. The topological polar surface area (TPSA) is 62.4 Å². The van der Waals surface area contributed by atoms with Gasteiger partial charge in [0.05, 0.1) is 6.04 Å². The van der Waals surface area contributed by atoms with Gasteiger partial charge >= 0.3 is 6.18 Å². The van der Waals surface area contributed by atoms with Gasteiger partial charge in [-0.2, -0.15) is 13.2 Å². The van der Waals surface area contributed by atoms with Crippen LogP contribution in [0.25, 0.3) is 22.1 Å². The van der Waals surface area contributed by atoms with Crippen LogP contribution in [0.2, 0.25) is 0 Å². The van der Waals surface area contributed by atoms with E-state index in [0.717, 1.165) is 0 Å². The van der Waals surface area contributed by atoms with Crippen molar-refractivity contribution in [2.24, 2.45) is 0 Å². The van der Waals surface area contributed by atoms with Crippen molar-refractivity contribution in [2.45, 2.75) is 25.1 Å². The van der Waals surface area contributed by atoms with Gasteiger partial charge in [0.25, 0.3) is 0 Å². The van der Waals surface area contributed by atoms with Crippen LogP contribution in [0.3, 0.4) is 0 Å². The molecule has 1 aromatic carbocycles. The summed E-state index contributed by atoms with van der Waals surface area (Å²) in [7, 11) is 0. The molecule has 1 fully saturated rings. The smallest absolute Gasteiger partial charge is 0.451 e. The van der Waals surface area contributed by atoms with Crippen molar-refractivity contribution in [3.63, 3.8) is 0 Å². The summed E-state index contributed by atoms with van der Waals surface area (Å²) >= 11 is 0. The molecule has 0 aliphatic carbocycles. The molecule has 130 valence electrons. The van der Waals surface area contributed by atoms with E-state index >= 15 is 0 Å². The molecule has 4 rings (SSSR count). The number of halogens is 3. The van der Waals surface area contributed by atoms with Crippen LogP contribution in [0.1, 0.15) is 18.7 Å². The van der Waals surface area contributed by atoms with E-state index in [1.807, 2.05) is 0 Å². The zero-order chi connectivity index (χ0) is 17.8. The number of aliphatic hydroxyl groups excluding tert-OH is 1. The lowest BCUT2D eigenvalue weighted by Gasteiger charge is -2.25. The number of nitrogens with zero attached hydrogens (tertiary/aromatic N) is 3.